The minimum Gasteiger partial charge on any atom is -0.493 e. The number of carbonyl (C=O) groups is 1. The summed E-state index contributed by atoms with van der Waals surface area (Å²) in [6.07, 6.45) is 2.44. The van der Waals surface area contributed by atoms with Crippen molar-refractivity contribution in [1.29, 1.82) is 0 Å². The van der Waals surface area contributed by atoms with Gasteiger partial charge in [-0.05, 0) is 24.3 Å². The van der Waals surface area contributed by atoms with Crippen LogP contribution in [0.2, 0.25) is 0 Å². The lowest BCUT2D eigenvalue weighted by Crippen LogP contribution is -2.22. The van der Waals surface area contributed by atoms with E-state index >= 15 is 0 Å². The summed E-state index contributed by atoms with van der Waals surface area (Å²) in [6.45, 7) is 7.19. The maximum Gasteiger partial charge on any atom is 0.140 e. The zero-order valence-electron chi connectivity index (χ0n) is 11.5. The fourth-order valence-electron chi connectivity index (χ4n) is 2.35. The molecule has 0 amide bonds. The van der Waals surface area contributed by atoms with Crippen molar-refractivity contribution in [3.63, 3.8) is 0 Å². The number of rotatable bonds is 3. The van der Waals surface area contributed by atoms with E-state index in [0.29, 0.717) is 18.8 Å². The highest BCUT2D eigenvalue weighted by Crippen LogP contribution is 2.35. The molecule has 1 aromatic carbocycles. The molecule has 0 N–H and O–H groups in total. The lowest BCUT2D eigenvalue weighted by atomic mass is 9.83. The third-order valence-electron chi connectivity index (χ3n) is 3.47. The summed E-state index contributed by atoms with van der Waals surface area (Å²) in [5.41, 5.74) is 1.29. The molecule has 2 rings (SSSR count). The highest BCUT2D eigenvalue weighted by atomic mass is 16.5. The standard InChI is InChI=1S/C16H22O2/c1-16(2,3)10-8-14(17)12-9-11-18-15-7-5-4-6-13(12)15/h4-7,12H,8-11H2,1-3H3. The predicted octanol–water partition coefficient (Wildman–Crippen LogP) is 3.95. The average Bonchev–Trinajstić information content (AvgIpc) is 2.34. The van der Waals surface area contributed by atoms with Gasteiger partial charge in [-0.3, -0.25) is 4.79 Å². The van der Waals surface area contributed by atoms with E-state index in [1.807, 2.05) is 24.3 Å². The third kappa shape index (κ3) is 3.12. The molecule has 1 heterocycles. The third-order valence-corrected chi connectivity index (χ3v) is 3.47. The van der Waals surface area contributed by atoms with Crippen LogP contribution in [0.1, 0.15) is 51.5 Å². The van der Waals surface area contributed by atoms with Gasteiger partial charge < -0.3 is 4.74 Å². The first kappa shape index (κ1) is 13.1. The Balaban J connectivity index is 2.08. The van der Waals surface area contributed by atoms with Gasteiger partial charge in [-0.25, -0.2) is 0 Å². The molecule has 1 aromatic rings. The molecule has 0 spiro atoms. The Morgan fingerprint density at radius 1 is 1.33 bits per heavy atom. The van der Waals surface area contributed by atoms with Gasteiger partial charge in [-0.2, -0.15) is 0 Å². The van der Waals surface area contributed by atoms with Crippen molar-refractivity contribution >= 4 is 5.78 Å². The van der Waals surface area contributed by atoms with Gasteiger partial charge in [0.1, 0.15) is 11.5 Å². The second-order valence-corrected chi connectivity index (χ2v) is 6.25. The molecule has 1 aliphatic rings. The Morgan fingerprint density at radius 2 is 2.06 bits per heavy atom. The number of Topliss-reactive ketones (excluding diaryl/α,β-unsaturated/α-hetero) is 1. The Kier molecular flexibility index (Phi) is 3.74. The number of carbonyl (C=O) groups excluding carboxylic acids is 1. The van der Waals surface area contributed by atoms with Gasteiger partial charge in [0.15, 0.2) is 0 Å². The second-order valence-electron chi connectivity index (χ2n) is 6.25. The number of hydrogen-bond acceptors (Lipinski definition) is 2. The highest BCUT2D eigenvalue weighted by molar-refractivity contribution is 5.86. The summed E-state index contributed by atoms with van der Waals surface area (Å²) in [6, 6.07) is 7.92. The first-order chi connectivity index (χ1) is 8.47. The highest BCUT2D eigenvalue weighted by Gasteiger charge is 2.27. The molecule has 2 heteroatoms. The van der Waals surface area contributed by atoms with Crippen molar-refractivity contribution in [2.45, 2.75) is 46.0 Å². The Morgan fingerprint density at radius 3 is 2.78 bits per heavy atom. The topological polar surface area (TPSA) is 26.3 Å². The lowest BCUT2D eigenvalue weighted by molar-refractivity contribution is -0.121. The lowest BCUT2D eigenvalue weighted by Gasteiger charge is -2.26. The van der Waals surface area contributed by atoms with Crippen LogP contribution < -0.4 is 4.74 Å². The number of ether oxygens (including phenoxy) is 1. The van der Waals surface area contributed by atoms with E-state index in [4.69, 9.17) is 4.74 Å². The average molecular weight is 246 g/mol. The van der Waals surface area contributed by atoms with Gasteiger partial charge in [0, 0.05) is 17.9 Å². The first-order valence-corrected chi connectivity index (χ1v) is 6.72. The van der Waals surface area contributed by atoms with Gasteiger partial charge in [0.05, 0.1) is 6.61 Å². The van der Waals surface area contributed by atoms with Crippen LogP contribution in [0.15, 0.2) is 24.3 Å². The van der Waals surface area contributed by atoms with Crippen LogP contribution in [-0.4, -0.2) is 12.4 Å². The van der Waals surface area contributed by atoms with Crippen molar-refractivity contribution in [1.82, 2.24) is 0 Å². The van der Waals surface area contributed by atoms with Gasteiger partial charge in [0.2, 0.25) is 0 Å². The molecule has 0 bridgehead atoms. The second kappa shape index (κ2) is 5.13. The molecule has 18 heavy (non-hydrogen) atoms. The summed E-state index contributed by atoms with van der Waals surface area (Å²) in [4.78, 5) is 12.4. The van der Waals surface area contributed by atoms with E-state index in [0.717, 1.165) is 24.2 Å². The van der Waals surface area contributed by atoms with Gasteiger partial charge in [0.25, 0.3) is 0 Å². The van der Waals surface area contributed by atoms with Crippen LogP contribution in [0.25, 0.3) is 0 Å². The molecule has 0 aromatic heterocycles. The molecule has 98 valence electrons. The molecule has 1 unspecified atom stereocenters. The van der Waals surface area contributed by atoms with Crippen LogP contribution >= 0.6 is 0 Å². The van der Waals surface area contributed by atoms with E-state index in [1.54, 1.807) is 0 Å². The number of ketones is 1. The van der Waals surface area contributed by atoms with Crippen LogP contribution in [0.4, 0.5) is 0 Å². The molecule has 1 atom stereocenters. The van der Waals surface area contributed by atoms with E-state index in [9.17, 15) is 4.79 Å². The minimum atomic E-state index is 0.0392. The molecule has 0 saturated heterocycles. The monoisotopic (exact) mass is 246 g/mol. The number of benzene rings is 1. The van der Waals surface area contributed by atoms with Gasteiger partial charge in [-0.15, -0.1) is 0 Å². The minimum absolute atomic E-state index is 0.0392. The van der Waals surface area contributed by atoms with E-state index in [1.165, 1.54) is 0 Å². The summed E-state index contributed by atoms with van der Waals surface area (Å²) in [5.74, 6) is 1.29. The molecule has 0 radical (unpaired) electrons. The van der Waals surface area contributed by atoms with Crippen LogP contribution in [0.5, 0.6) is 5.75 Å². The zero-order valence-corrected chi connectivity index (χ0v) is 11.5. The van der Waals surface area contributed by atoms with Crippen molar-refractivity contribution in [2.24, 2.45) is 5.41 Å². The van der Waals surface area contributed by atoms with Crippen molar-refractivity contribution < 1.29 is 9.53 Å². The van der Waals surface area contributed by atoms with Crippen molar-refractivity contribution in [3.8, 4) is 5.75 Å². The van der Waals surface area contributed by atoms with Gasteiger partial charge in [-0.1, -0.05) is 39.0 Å². The zero-order chi connectivity index (χ0) is 13.2. The maximum atomic E-state index is 12.4. The quantitative estimate of drug-likeness (QED) is 0.807. The number of para-hydroxylation sites is 1. The van der Waals surface area contributed by atoms with E-state index < -0.39 is 0 Å². The fraction of sp³-hybridized carbons (Fsp3) is 0.562. The number of fused-ring (bicyclic) bond motifs is 1. The predicted molar refractivity (Wildman–Crippen MR) is 73.0 cm³/mol. The molecule has 2 nitrogen and oxygen atoms in total. The molecule has 0 saturated carbocycles. The summed E-state index contributed by atoms with van der Waals surface area (Å²) in [5, 5.41) is 0. The fourth-order valence-corrected chi connectivity index (χ4v) is 2.35. The smallest absolute Gasteiger partial charge is 0.140 e. The molecule has 0 fully saturated rings. The Labute approximate surface area is 109 Å². The van der Waals surface area contributed by atoms with Crippen LogP contribution in [0.3, 0.4) is 0 Å². The Hall–Kier alpha value is -1.31. The van der Waals surface area contributed by atoms with Crippen molar-refractivity contribution in [3.05, 3.63) is 29.8 Å². The molecular formula is C16H22O2. The Bertz CT molecular complexity index is 429. The first-order valence-electron chi connectivity index (χ1n) is 6.72. The SMILES string of the molecule is CC(C)(C)CCC(=O)C1CCOc2ccccc21. The summed E-state index contributed by atoms with van der Waals surface area (Å²) >= 11 is 0. The molecule has 0 aliphatic carbocycles. The van der Waals surface area contributed by atoms with Crippen LogP contribution in [-0.2, 0) is 4.79 Å². The van der Waals surface area contributed by atoms with Crippen LogP contribution in [0, 0.1) is 5.41 Å². The summed E-state index contributed by atoms with van der Waals surface area (Å²) in [7, 11) is 0. The normalized spacial score (nSPS) is 18.9. The molecule has 1 aliphatic heterocycles. The van der Waals surface area contributed by atoms with E-state index in [2.05, 4.69) is 20.8 Å². The van der Waals surface area contributed by atoms with Gasteiger partial charge >= 0.3 is 0 Å². The van der Waals surface area contributed by atoms with E-state index in [-0.39, 0.29) is 11.3 Å². The maximum absolute atomic E-state index is 12.4. The number of hydrogen-bond donors (Lipinski definition) is 0. The summed E-state index contributed by atoms with van der Waals surface area (Å²) < 4.78 is 5.60. The van der Waals surface area contributed by atoms with Crippen molar-refractivity contribution in [2.75, 3.05) is 6.61 Å². The largest absolute Gasteiger partial charge is 0.493 e. The molecular weight excluding hydrogens is 224 g/mol.